The van der Waals surface area contributed by atoms with Crippen LogP contribution in [0.3, 0.4) is 0 Å². The van der Waals surface area contributed by atoms with Gasteiger partial charge in [0.1, 0.15) is 13.2 Å². The monoisotopic (exact) mass is 658 g/mol. The topological polar surface area (TPSA) is 84.9 Å². The molecule has 0 aliphatic carbocycles. The summed E-state index contributed by atoms with van der Waals surface area (Å²) in [6.45, 7) is 3.81. The van der Waals surface area contributed by atoms with Crippen LogP contribution in [0.4, 0.5) is 10.5 Å². The Hall–Kier alpha value is -3.08. The lowest BCUT2D eigenvalue weighted by Gasteiger charge is -2.14. The fraction of sp³-hybridized carbons (Fsp3) is 0.179. The Balaban J connectivity index is 1.47. The molecule has 1 heterocycles. The summed E-state index contributed by atoms with van der Waals surface area (Å²) >= 11 is 7.73. The summed E-state index contributed by atoms with van der Waals surface area (Å²) in [4.78, 5) is 39.3. The molecule has 0 atom stereocenters. The number of hydrogen-bond donors (Lipinski definition) is 1. The smallest absolute Gasteiger partial charge is 0.294 e. The standard InChI is InChI=1S/C28H24Br2N2O5S/c1-16-5-4-6-22(17(16)2)31-25(33)14-32-27(34)24(38-28(32)35)13-19-11-21(30)26(23(12-19)36-3)37-15-18-7-9-20(29)10-8-18/h4-13H,14-15H2,1-3H3,(H,31,33)/b24-13+. The fourth-order valence-electron chi connectivity index (χ4n) is 3.71. The molecule has 1 N–H and O–H groups in total. The number of benzene rings is 3. The Kier molecular flexibility index (Phi) is 8.96. The zero-order valence-electron chi connectivity index (χ0n) is 20.8. The second-order valence-corrected chi connectivity index (χ2v) is 11.3. The van der Waals surface area contributed by atoms with E-state index in [2.05, 4.69) is 37.2 Å². The molecule has 1 aliphatic heterocycles. The number of nitrogens with zero attached hydrogens (tertiary/aromatic N) is 1. The third-order valence-corrected chi connectivity index (χ3v) is 7.93. The summed E-state index contributed by atoms with van der Waals surface area (Å²) in [6.07, 6.45) is 1.60. The summed E-state index contributed by atoms with van der Waals surface area (Å²) in [7, 11) is 1.53. The number of amides is 3. The quantitative estimate of drug-likeness (QED) is 0.260. The summed E-state index contributed by atoms with van der Waals surface area (Å²) in [5.41, 5.74) is 4.23. The van der Waals surface area contributed by atoms with Gasteiger partial charge in [0.05, 0.1) is 16.5 Å². The molecule has 1 saturated heterocycles. The molecule has 0 unspecified atom stereocenters. The van der Waals surface area contributed by atoms with Crippen molar-refractivity contribution in [2.75, 3.05) is 19.0 Å². The molecule has 0 aromatic heterocycles. The van der Waals surface area contributed by atoms with Gasteiger partial charge in [-0.15, -0.1) is 0 Å². The molecular formula is C28H24Br2N2O5S. The largest absolute Gasteiger partial charge is 0.493 e. The Morgan fingerprint density at radius 3 is 2.53 bits per heavy atom. The molecule has 3 aromatic carbocycles. The van der Waals surface area contributed by atoms with Crippen molar-refractivity contribution < 1.29 is 23.9 Å². The van der Waals surface area contributed by atoms with E-state index in [0.717, 1.165) is 37.8 Å². The van der Waals surface area contributed by atoms with Crippen LogP contribution in [0, 0.1) is 13.8 Å². The first-order chi connectivity index (χ1) is 18.2. The number of ether oxygens (including phenoxy) is 2. The number of anilines is 1. The fourth-order valence-corrected chi connectivity index (χ4v) is 5.38. The van der Waals surface area contributed by atoms with E-state index >= 15 is 0 Å². The molecule has 4 rings (SSSR count). The van der Waals surface area contributed by atoms with E-state index < -0.39 is 17.1 Å². The van der Waals surface area contributed by atoms with Gasteiger partial charge in [-0.2, -0.15) is 0 Å². The van der Waals surface area contributed by atoms with Gasteiger partial charge in [-0.1, -0.05) is 40.2 Å². The van der Waals surface area contributed by atoms with Gasteiger partial charge in [-0.3, -0.25) is 19.3 Å². The number of carbonyl (C=O) groups is 3. The molecule has 3 amide bonds. The lowest BCUT2D eigenvalue weighted by Crippen LogP contribution is -2.36. The van der Waals surface area contributed by atoms with E-state index in [1.54, 1.807) is 24.3 Å². The number of imide groups is 1. The molecule has 1 aliphatic rings. The lowest BCUT2D eigenvalue weighted by atomic mass is 10.1. The van der Waals surface area contributed by atoms with Crippen molar-refractivity contribution in [3.63, 3.8) is 0 Å². The van der Waals surface area contributed by atoms with E-state index in [4.69, 9.17) is 9.47 Å². The summed E-state index contributed by atoms with van der Waals surface area (Å²) < 4.78 is 13.1. The minimum atomic E-state index is -0.526. The first-order valence-electron chi connectivity index (χ1n) is 11.5. The average molecular weight is 660 g/mol. The minimum Gasteiger partial charge on any atom is -0.493 e. The predicted octanol–water partition coefficient (Wildman–Crippen LogP) is 7.09. The van der Waals surface area contributed by atoms with Gasteiger partial charge in [-0.25, -0.2) is 0 Å². The molecule has 0 saturated carbocycles. The number of halogens is 2. The lowest BCUT2D eigenvalue weighted by molar-refractivity contribution is -0.127. The third kappa shape index (κ3) is 6.48. The Morgan fingerprint density at radius 1 is 1.08 bits per heavy atom. The van der Waals surface area contributed by atoms with Gasteiger partial charge < -0.3 is 14.8 Å². The number of hydrogen-bond acceptors (Lipinski definition) is 6. The highest BCUT2D eigenvalue weighted by atomic mass is 79.9. The molecule has 1 fully saturated rings. The second kappa shape index (κ2) is 12.2. The van der Waals surface area contributed by atoms with Crippen molar-refractivity contribution in [2.45, 2.75) is 20.5 Å². The van der Waals surface area contributed by atoms with Crippen LogP contribution in [0.5, 0.6) is 11.5 Å². The minimum absolute atomic E-state index is 0.215. The normalized spacial score (nSPS) is 14.2. The zero-order chi connectivity index (χ0) is 27.4. The molecule has 0 bridgehead atoms. The van der Waals surface area contributed by atoms with Crippen molar-refractivity contribution in [2.24, 2.45) is 0 Å². The molecule has 3 aromatic rings. The highest BCUT2D eigenvalue weighted by Crippen LogP contribution is 2.39. The zero-order valence-corrected chi connectivity index (χ0v) is 24.8. The van der Waals surface area contributed by atoms with Crippen LogP contribution < -0.4 is 14.8 Å². The average Bonchev–Trinajstić information content (AvgIpc) is 3.14. The predicted molar refractivity (Wildman–Crippen MR) is 156 cm³/mol. The molecule has 0 spiro atoms. The van der Waals surface area contributed by atoms with Gasteiger partial charge in [-0.05, 0) is 100 Å². The van der Waals surface area contributed by atoms with Gasteiger partial charge in [0.15, 0.2) is 11.5 Å². The maximum absolute atomic E-state index is 13.0. The van der Waals surface area contributed by atoms with Gasteiger partial charge in [0, 0.05) is 10.2 Å². The SMILES string of the molecule is COc1cc(/C=C2/SC(=O)N(CC(=O)Nc3cccc(C)c3C)C2=O)cc(Br)c1OCc1ccc(Br)cc1. The van der Waals surface area contributed by atoms with Crippen LogP contribution in [0.25, 0.3) is 6.08 Å². The molecular weight excluding hydrogens is 636 g/mol. The van der Waals surface area contributed by atoms with Gasteiger partial charge >= 0.3 is 0 Å². The van der Waals surface area contributed by atoms with E-state index in [1.165, 1.54) is 7.11 Å². The van der Waals surface area contributed by atoms with Crippen LogP contribution in [0.2, 0.25) is 0 Å². The number of thioether (sulfide) groups is 1. The van der Waals surface area contributed by atoms with E-state index in [9.17, 15) is 14.4 Å². The maximum atomic E-state index is 13.0. The van der Waals surface area contributed by atoms with Crippen LogP contribution in [0.1, 0.15) is 22.3 Å². The molecule has 0 radical (unpaired) electrons. The van der Waals surface area contributed by atoms with E-state index in [0.29, 0.717) is 33.8 Å². The Bertz CT molecular complexity index is 1440. The number of carbonyl (C=O) groups excluding carboxylic acids is 3. The molecule has 10 heteroatoms. The van der Waals surface area contributed by atoms with Crippen LogP contribution in [0.15, 0.2) is 68.4 Å². The summed E-state index contributed by atoms with van der Waals surface area (Å²) in [6, 6.07) is 16.9. The number of nitrogens with one attached hydrogen (secondary N) is 1. The first-order valence-corrected chi connectivity index (χ1v) is 13.9. The third-order valence-electron chi connectivity index (χ3n) is 5.90. The van der Waals surface area contributed by atoms with E-state index in [-0.39, 0.29) is 11.4 Å². The maximum Gasteiger partial charge on any atom is 0.294 e. The number of aryl methyl sites for hydroxylation is 1. The van der Waals surface area contributed by atoms with Gasteiger partial charge in [0.2, 0.25) is 5.91 Å². The van der Waals surface area contributed by atoms with Crippen molar-refractivity contribution in [1.82, 2.24) is 4.90 Å². The van der Waals surface area contributed by atoms with Crippen LogP contribution in [-0.4, -0.2) is 35.6 Å². The number of methoxy groups -OCH3 is 1. The highest BCUT2D eigenvalue weighted by Gasteiger charge is 2.36. The molecule has 196 valence electrons. The number of rotatable bonds is 8. The van der Waals surface area contributed by atoms with Crippen LogP contribution in [-0.2, 0) is 16.2 Å². The first kappa shape index (κ1) is 27.9. The molecule has 38 heavy (non-hydrogen) atoms. The van der Waals surface area contributed by atoms with Crippen molar-refractivity contribution in [1.29, 1.82) is 0 Å². The van der Waals surface area contributed by atoms with Gasteiger partial charge in [0.25, 0.3) is 11.1 Å². The summed E-state index contributed by atoms with van der Waals surface area (Å²) in [5.74, 6) is 0.0133. The Morgan fingerprint density at radius 2 is 1.82 bits per heavy atom. The van der Waals surface area contributed by atoms with E-state index in [1.807, 2.05) is 50.2 Å². The summed E-state index contributed by atoms with van der Waals surface area (Å²) in [5, 5.41) is 2.28. The van der Waals surface area contributed by atoms with Crippen molar-refractivity contribution >= 4 is 72.4 Å². The Labute approximate surface area is 241 Å². The second-order valence-electron chi connectivity index (χ2n) is 8.51. The van der Waals surface area contributed by atoms with Crippen molar-refractivity contribution in [3.05, 3.63) is 90.7 Å². The molecule has 7 nitrogen and oxygen atoms in total. The highest BCUT2D eigenvalue weighted by molar-refractivity contribution is 9.10. The van der Waals surface area contributed by atoms with Crippen molar-refractivity contribution in [3.8, 4) is 11.5 Å². The van der Waals surface area contributed by atoms with Crippen LogP contribution >= 0.6 is 43.6 Å².